The molecule has 1 aromatic carbocycles. The van der Waals surface area contributed by atoms with Crippen LogP contribution < -0.4 is 4.90 Å². The molecule has 0 N–H and O–H groups in total. The number of nitrogens with zero attached hydrogens (tertiary/aromatic N) is 2. The largest absolute Gasteiger partial charge is 0.464 e. The molecule has 1 amide bonds. The van der Waals surface area contributed by atoms with Crippen LogP contribution in [0.25, 0.3) is 11.0 Å². The molecule has 18 heavy (non-hydrogen) atoms. The third-order valence-corrected chi connectivity index (χ3v) is 3.56. The number of amides is 1. The minimum atomic E-state index is -0.0759. The zero-order valence-electron chi connectivity index (χ0n) is 9.66. The monoisotopic (exact) mass is 258 g/mol. The molecule has 0 aliphatic carbocycles. The molecule has 0 saturated carbocycles. The van der Waals surface area contributed by atoms with Crippen molar-refractivity contribution in [3.8, 4) is 0 Å². The van der Waals surface area contributed by atoms with Gasteiger partial charge < -0.3 is 4.42 Å². The Morgan fingerprint density at radius 1 is 1.39 bits per heavy atom. The standard InChI is InChI=1S/C13H10N2O2S/c1-15(13-14-5-7-18-13)12(16)10-2-3-11-9(8-10)4-6-17-11/h2-8H,1H3. The highest BCUT2D eigenvalue weighted by molar-refractivity contribution is 7.13. The second-order valence-corrected chi connectivity index (χ2v) is 4.73. The number of fused-ring (bicyclic) bond motifs is 1. The van der Waals surface area contributed by atoms with E-state index in [0.29, 0.717) is 10.7 Å². The predicted octanol–water partition coefficient (Wildman–Crippen LogP) is 3.17. The zero-order chi connectivity index (χ0) is 12.5. The molecule has 3 aromatic rings. The number of hydrogen-bond acceptors (Lipinski definition) is 4. The number of furan rings is 1. The number of benzene rings is 1. The van der Waals surface area contributed by atoms with E-state index in [1.165, 1.54) is 11.3 Å². The van der Waals surface area contributed by atoms with Crippen LogP contribution in [0.3, 0.4) is 0 Å². The fourth-order valence-electron chi connectivity index (χ4n) is 1.76. The van der Waals surface area contributed by atoms with Gasteiger partial charge in [0, 0.05) is 29.6 Å². The summed E-state index contributed by atoms with van der Waals surface area (Å²) >= 11 is 1.43. The Bertz CT molecular complexity index is 688. The summed E-state index contributed by atoms with van der Waals surface area (Å²) in [5, 5.41) is 3.46. The molecule has 0 spiro atoms. The normalized spacial score (nSPS) is 10.7. The van der Waals surface area contributed by atoms with E-state index in [9.17, 15) is 4.79 Å². The van der Waals surface area contributed by atoms with Gasteiger partial charge in [-0.05, 0) is 24.3 Å². The molecule has 4 nitrogen and oxygen atoms in total. The van der Waals surface area contributed by atoms with Crippen LogP contribution in [-0.4, -0.2) is 17.9 Å². The highest BCUT2D eigenvalue weighted by Gasteiger charge is 2.15. The van der Waals surface area contributed by atoms with Gasteiger partial charge in [0.05, 0.1) is 6.26 Å². The summed E-state index contributed by atoms with van der Waals surface area (Å²) in [6.07, 6.45) is 3.30. The van der Waals surface area contributed by atoms with Crippen molar-refractivity contribution in [2.45, 2.75) is 0 Å². The summed E-state index contributed by atoms with van der Waals surface area (Å²) in [5.74, 6) is -0.0759. The van der Waals surface area contributed by atoms with Crippen LogP contribution in [0.5, 0.6) is 0 Å². The lowest BCUT2D eigenvalue weighted by Gasteiger charge is -2.13. The molecule has 0 aliphatic heterocycles. The lowest BCUT2D eigenvalue weighted by atomic mass is 10.1. The van der Waals surface area contributed by atoms with E-state index in [1.807, 2.05) is 17.5 Å². The molecule has 2 aromatic heterocycles. The maximum atomic E-state index is 12.3. The predicted molar refractivity (Wildman–Crippen MR) is 71.1 cm³/mol. The summed E-state index contributed by atoms with van der Waals surface area (Å²) in [7, 11) is 1.72. The van der Waals surface area contributed by atoms with Gasteiger partial charge in [0.2, 0.25) is 0 Å². The number of hydrogen-bond donors (Lipinski definition) is 0. The van der Waals surface area contributed by atoms with Gasteiger partial charge in [-0.2, -0.15) is 0 Å². The number of aromatic nitrogens is 1. The van der Waals surface area contributed by atoms with Crippen LogP contribution in [0.4, 0.5) is 5.13 Å². The van der Waals surface area contributed by atoms with Crippen molar-refractivity contribution in [2.24, 2.45) is 0 Å². The SMILES string of the molecule is CN(C(=O)c1ccc2occc2c1)c1nccs1. The topological polar surface area (TPSA) is 46.3 Å². The quantitative estimate of drug-likeness (QED) is 0.709. The molecule has 0 bridgehead atoms. The minimum absolute atomic E-state index is 0.0759. The van der Waals surface area contributed by atoms with E-state index in [-0.39, 0.29) is 5.91 Å². The highest BCUT2D eigenvalue weighted by atomic mass is 32.1. The van der Waals surface area contributed by atoms with Gasteiger partial charge in [0.25, 0.3) is 5.91 Å². The van der Waals surface area contributed by atoms with E-state index in [2.05, 4.69) is 4.98 Å². The Morgan fingerprint density at radius 2 is 2.28 bits per heavy atom. The molecule has 0 radical (unpaired) electrons. The third-order valence-electron chi connectivity index (χ3n) is 2.71. The van der Waals surface area contributed by atoms with Crippen LogP contribution in [-0.2, 0) is 0 Å². The van der Waals surface area contributed by atoms with E-state index in [4.69, 9.17) is 4.42 Å². The first-order valence-corrected chi connectivity index (χ1v) is 6.28. The van der Waals surface area contributed by atoms with Gasteiger partial charge in [-0.3, -0.25) is 9.69 Å². The number of carbonyl (C=O) groups excluding carboxylic acids is 1. The summed E-state index contributed by atoms with van der Waals surface area (Å²) in [5.41, 5.74) is 1.41. The second-order valence-electron chi connectivity index (χ2n) is 3.85. The maximum absolute atomic E-state index is 12.3. The Morgan fingerprint density at radius 3 is 3.06 bits per heavy atom. The van der Waals surface area contributed by atoms with Gasteiger partial charge >= 0.3 is 0 Å². The fourth-order valence-corrected chi connectivity index (χ4v) is 2.37. The van der Waals surface area contributed by atoms with Crippen molar-refractivity contribution in [3.05, 3.63) is 47.7 Å². The van der Waals surface area contributed by atoms with Crippen LogP contribution in [0.1, 0.15) is 10.4 Å². The molecular weight excluding hydrogens is 248 g/mol. The Hall–Kier alpha value is -2.14. The van der Waals surface area contributed by atoms with Gasteiger partial charge in [-0.25, -0.2) is 4.98 Å². The fraction of sp³-hybridized carbons (Fsp3) is 0.0769. The van der Waals surface area contributed by atoms with Crippen molar-refractivity contribution < 1.29 is 9.21 Å². The lowest BCUT2D eigenvalue weighted by Crippen LogP contribution is -2.25. The average Bonchev–Trinajstić information content (AvgIpc) is 3.06. The minimum Gasteiger partial charge on any atom is -0.464 e. The lowest BCUT2D eigenvalue weighted by molar-refractivity contribution is 0.0993. The second kappa shape index (κ2) is 4.27. The number of rotatable bonds is 2. The summed E-state index contributed by atoms with van der Waals surface area (Å²) < 4.78 is 5.25. The smallest absolute Gasteiger partial charge is 0.259 e. The van der Waals surface area contributed by atoms with Crippen molar-refractivity contribution in [1.29, 1.82) is 0 Å². The molecule has 0 fully saturated rings. The number of anilines is 1. The van der Waals surface area contributed by atoms with E-state index >= 15 is 0 Å². The van der Waals surface area contributed by atoms with Crippen LogP contribution in [0.2, 0.25) is 0 Å². The molecule has 0 atom stereocenters. The van der Waals surface area contributed by atoms with Gasteiger partial charge in [0.1, 0.15) is 5.58 Å². The molecular formula is C13H10N2O2S. The molecule has 0 aliphatic rings. The van der Waals surface area contributed by atoms with Crippen molar-refractivity contribution in [1.82, 2.24) is 4.98 Å². The first kappa shape index (κ1) is 11.0. The summed E-state index contributed by atoms with van der Waals surface area (Å²) in [4.78, 5) is 17.9. The van der Waals surface area contributed by atoms with Gasteiger partial charge in [-0.15, -0.1) is 11.3 Å². The molecule has 2 heterocycles. The summed E-state index contributed by atoms with van der Waals surface area (Å²) in [6.45, 7) is 0. The maximum Gasteiger partial charge on any atom is 0.259 e. The van der Waals surface area contributed by atoms with Crippen LogP contribution in [0.15, 0.2) is 46.5 Å². The van der Waals surface area contributed by atoms with E-state index in [0.717, 1.165) is 11.0 Å². The average molecular weight is 258 g/mol. The van der Waals surface area contributed by atoms with Crippen LogP contribution in [0, 0.1) is 0 Å². The summed E-state index contributed by atoms with van der Waals surface area (Å²) in [6, 6.07) is 7.23. The Balaban J connectivity index is 1.96. The molecule has 0 unspecified atom stereocenters. The zero-order valence-corrected chi connectivity index (χ0v) is 10.5. The number of carbonyl (C=O) groups is 1. The molecule has 90 valence electrons. The van der Waals surface area contributed by atoms with Crippen molar-refractivity contribution in [3.63, 3.8) is 0 Å². The Labute approximate surface area is 107 Å². The molecule has 3 rings (SSSR count). The van der Waals surface area contributed by atoms with Gasteiger partial charge in [-0.1, -0.05) is 0 Å². The third kappa shape index (κ3) is 1.78. The van der Waals surface area contributed by atoms with E-state index in [1.54, 1.807) is 36.5 Å². The van der Waals surface area contributed by atoms with Crippen LogP contribution >= 0.6 is 11.3 Å². The number of thiazole rings is 1. The first-order chi connectivity index (χ1) is 8.75. The molecule has 5 heteroatoms. The van der Waals surface area contributed by atoms with E-state index < -0.39 is 0 Å². The van der Waals surface area contributed by atoms with Crippen molar-refractivity contribution >= 4 is 33.3 Å². The van der Waals surface area contributed by atoms with Crippen molar-refractivity contribution in [2.75, 3.05) is 11.9 Å². The highest BCUT2D eigenvalue weighted by Crippen LogP contribution is 2.21. The molecule has 0 saturated heterocycles. The van der Waals surface area contributed by atoms with Gasteiger partial charge in [0.15, 0.2) is 5.13 Å². The first-order valence-electron chi connectivity index (χ1n) is 5.40. The Kier molecular flexibility index (Phi) is 2.60.